The maximum atomic E-state index is 12.5. The number of nitrogens with one attached hydrogen (secondary N) is 1. The van der Waals surface area contributed by atoms with Crippen LogP contribution in [0.3, 0.4) is 0 Å². The molecule has 1 aromatic heterocycles. The van der Waals surface area contributed by atoms with Gasteiger partial charge in [-0.3, -0.25) is 10.8 Å². The Morgan fingerprint density at radius 3 is 2.45 bits per heavy atom. The van der Waals surface area contributed by atoms with Crippen molar-refractivity contribution in [1.82, 2.24) is 10.4 Å². The SMILES string of the molecule is NNC(c1cccc(Cl)c1)c1ccc(C(F)(F)F)cn1. The molecule has 1 atom stereocenters. The summed E-state index contributed by atoms with van der Waals surface area (Å²) in [4.78, 5) is 3.82. The lowest BCUT2D eigenvalue weighted by molar-refractivity contribution is -0.137. The van der Waals surface area contributed by atoms with E-state index >= 15 is 0 Å². The minimum atomic E-state index is -4.41. The summed E-state index contributed by atoms with van der Waals surface area (Å²) in [6.07, 6.45) is -3.63. The van der Waals surface area contributed by atoms with Crippen molar-refractivity contribution in [2.24, 2.45) is 5.84 Å². The van der Waals surface area contributed by atoms with Gasteiger partial charge in [-0.1, -0.05) is 23.7 Å². The van der Waals surface area contributed by atoms with Crippen molar-refractivity contribution >= 4 is 11.6 Å². The molecule has 3 N–H and O–H groups in total. The Hall–Kier alpha value is -1.63. The summed E-state index contributed by atoms with van der Waals surface area (Å²) in [5, 5.41) is 0.509. The van der Waals surface area contributed by atoms with Crippen LogP contribution in [0.25, 0.3) is 0 Å². The number of pyridine rings is 1. The molecule has 0 bridgehead atoms. The van der Waals surface area contributed by atoms with E-state index in [1.165, 1.54) is 6.07 Å². The molecule has 0 spiro atoms. The fraction of sp³-hybridized carbons (Fsp3) is 0.154. The highest BCUT2D eigenvalue weighted by atomic mass is 35.5. The number of hydrogen-bond acceptors (Lipinski definition) is 3. The van der Waals surface area contributed by atoms with Crippen molar-refractivity contribution in [2.45, 2.75) is 12.2 Å². The minimum Gasteiger partial charge on any atom is -0.271 e. The van der Waals surface area contributed by atoms with Crippen LogP contribution in [0.4, 0.5) is 13.2 Å². The third-order valence-corrected chi connectivity index (χ3v) is 2.99. The predicted molar refractivity (Wildman–Crippen MR) is 69.9 cm³/mol. The van der Waals surface area contributed by atoms with E-state index in [0.717, 1.165) is 12.3 Å². The smallest absolute Gasteiger partial charge is 0.271 e. The van der Waals surface area contributed by atoms with Gasteiger partial charge in [0.2, 0.25) is 0 Å². The second kappa shape index (κ2) is 5.78. The molecule has 2 rings (SSSR count). The van der Waals surface area contributed by atoms with Gasteiger partial charge in [0.1, 0.15) is 0 Å². The molecule has 20 heavy (non-hydrogen) atoms. The monoisotopic (exact) mass is 301 g/mol. The zero-order valence-electron chi connectivity index (χ0n) is 10.2. The van der Waals surface area contributed by atoms with Gasteiger partial charge in [-0.25, -0.2) is 5.43 Å². The van der Waals surface area contributed by atoms with E-state index in [-0.39, 0.29) is 0 Å². The number of halogens is 4. The average molecular weight is 302 g/mol. The lowest BCUT2D eigenvalue weighted by atomic mass is 10.0. The maximum Gasteiger partial charge on any atom is 0.417 e. The van der Waals surface area contributed by atoms with Crippen LogP contribution in [0.1, 0.15) is 22.9 Å². The Morgan fingerprint density at radius 2 is 1.95 bits per heavy atom. The number of benzene rings is 1. The lowest BCUT2D eigenvalue weighted by Crippen LogP contribution is -2.29. The molecule has 0 amide bonds. The fourth-order valence-electron chi connectivity index (χ4n) is 1.78. The molecule has 1 unspecified atom stereocenters. The first-order valence-corrected chi connectivity index (χ1v) is 6.04. The van der Waals surface area contributed by atoms with Crippen LogP contribution in [0.2, 0.25) is 5.02 Å². The maximum absolute atomic E-state index is 12.5. The third-order valence-electron chi connectivity index (χ3n) is 2.76. The van der Waals surface area contributed by atoms with Crippen molar-refractivity contribution in [3.8, 4) is 0 Å². The zero-order valence-corrected chi connectivity index (χ0v) is 10.9. The molecular weight excluding hydrogens is 291 g/mol. The average Bonchev–Trinajstić information content (AvgIpc) is 2.39. The van der Waals surface area contributed by atoms with Crippen LogP contribution in [0.5, 0.6) is 0 Å². The van der Waals surface area contributed by atoms with Crippen LogP contribution in [-0.4, -0.2) is 4.98 Å². The number of nitrogens with zero attached hydrogens (tertiary/aromatic N) is 1. The molecule has 1 heterocycles. The summed E-state index contributed by atoms with van der Waals surface area (Å²) in [5.41, 5.74) is 2.81. The van der Waals surface area contributed by atoms with Gasteiger partial charge < -0.3 is 0 Å². The molecule has 0 aliphatic rings. The van der Waals surface area contributed by atoms with E-state index in [1.807, 2.05) is 0 Å². The molecule has 0 aliphatic carbocycles. The number of aromatic nitrogens is 1. The summed E-state index contributed by atoms with van der Waals surface area (Å²) < 4.78 is 37.4. The molecule has 0 saturated carbocycles. The van der Waals surface area contributed by atoms with Crippen molar-refractivity contribution < 1.29 is 13.2 Å². The second-order valence-corrected chi connectivity index (χ2v) is 4.56. The molecular formula is C13H11ClF3N3. The summed E-state index contributed by atoms with van der Waals surface area (Å²) in [5.74, 6) is 5.46. The number of nitrogens with two attached hydrogens (primary N) is 1. The number of hydrazine groups is 1. The molecule has 106 valence electrons. The van der Waals surface area contributed by atoms with E-state index in [0.29, 0.717) is 16.3 Å². The van der Waals surface area contributed by atoms with Crippen LogP contribution in [0.15, 0.2) is 42.6 Å². The molecule has 0 radical (unpaired) electrons. The van der Waals surface area contributed by atoms with E-state index in [2.05, 4.69) is 10.4 Å². The Morgan fingerprint density at radius 1 is 1.20 bits per heavy atom. The molecule has 0 aliphatic heterocycles. The highest BCUT2D eigenvalue weighted by Crippen LogP contribution is 2.30. The molecule has 7 heteroatoms. The van der Waals surface area contributed by atoms with Crippen LogP contribution < -0.4 is 11.3 Å². The van der Waals surface area contributed by atoms with Gasteiger partial charge in [0.05, 0.1) is 17.3 Å². The van der Waals surface area contributed by atoms with Crippen LogP contribution in [0, 0.1) is 0 Å². The molecule has 0 saturated heterocycles. The van der Waals surface area contributed by atoms with E-state index in [1.54, 1.807) is 24.3 Å². The normalized spacial score (nSPS) is 13.2. The minimum absolute atomic E-state index is 0.378. The highest BCUT2D eigenvalue weighted by molar-refractivity contribution is 6.30. The Balaban J connectivity index is 2.33. The third kappa shape index (κ3) is 3.27. The van der Waals surface area contributed by atoms with E-state index in [9.17, 15) is 13.2 Å². The largest absolute Gasteiger partial charge is 0.417 e. The zero-order chi connectivity index (χ0) is 14.8. The first kappa shape index (κ1) is 14.8. The molecule has 0 fully saturated rings. The number of rotatable bonds is 3. The highest BCUT2D eigenvalue weighted by Gasteiger charge is 2.31. The fourth-order valence-corrected chi connectivity index (χ4v) is 1.98. The van der Waals surface area contributed by atoms with Crippen LogP contribution in [-0.2, 0) is 6.18 Å². The van der Waals surface area contributed by atoms with Gasteiger partial charge in [0.25, 0.3) is 0 Å². The van der Waals surface area contributed by atoms with Gasteiger partial charge in [-0.2, -0.15) is 13.2 Å². The van der Waals surface area contributed by atoms with Crippen molar-refractivity contribution in [1.29, 1.82) is 0 Å². The Bertz CT molecular complexity index is 584. The standard InChI is InChI=1S/C13H11ClF3N3/c14-10-3-1-2-8(6-10)12(20-18)11-5-4-9(7-19-11)13(15,16)17/h1-7,12,20H,18H2. The predicted octanol–water partition coefficient (Wildman–Crippen LogP) is 3.31. The van der Waals surface area contributed by atoms with Crippen molar-refractivity contribution in [3.63, 3.8) is 0 Å². The Kier molecular flexibility index (Phi) is 4.27. The lowest BCUT2D eigenvalue weighted by Gasteiger charge is -2.16. The summed E-state index contributed by atoms with van der Waals surface area (Å²) in [6.45, 7) is 0. The molecule has 3 nitrogen and oxygen atoms in total. The first-order valence-electron chi connectivity index (χ1n) is 5.66. The van der Waals surface area contributed by atoms with E-state index < -0.39 is 17.8 Å². The quantitative estimate of drug-likeness (QED) is 0.675. The summed E-state index contributed by atoms with van der Waals surface area (Å²) in [6, 6.07) is 8.58. The summed E-state index contributed by atoms with van der Waals surface area (Å²) in [7, 11) is 0. The van der Waals surface area contributed by atoms with Crippen molar-refractivity contribution in [2.75, 3.05) is 0 Å². The van der Waals surface area contributed by atoms with Gasteiger partial charge in [0, 0.05) is 11.2 Å². The van der Waals surface area contributed by atoms with Crippen LogP contribution >= 0.6 is 11.6 Å². The topological polar surface area (TPSA) is 50.9 Å². The van der Waals surface area contributed by atoms with Gasteiger partial charge >= 0.3 is 6.18 Å². The van der Waals surface area contributed by atoms with Gasteiger partial charge in [-0.05, 0) is 29.8 Å². The van der Waals surface area contributed by atoms with E-state index in [4.69, 9.17) is 17.4 Å². The Labute approximate surface area is 118 Å². The van der Waals surface area contributed by atoms with Crippen molar-refractivity contribution in [3.05, 3.63) is 64.4 Å². The summed E-state index contributed by atoms with van der Waals surface area (Å²) >= 11 is 5.88. The second-order valence-electron chi connectivity index (χ2n) is 4.12. The van der Waals surface area contributed by atoms with Gasteiger partial charge in [0.15, 0.2) is 0 Å². The number of alkyl halides is 3. The van der Waals surface area contributed by atoms with Gasteiger partial charge in [-0.15, -0.1) is 0 Å². The molecule has 1 aromatic carbocycles. The first-order chi connectivity index (χ1) is 9.41. The molecule has 2 aromatic rings. The number of hydrogen-bond donors (Lipinski definition) is 2.